The lowest BCUT2D eigenvalue weighted by Crippen LogP contribution is -2.73. The summed E-state index contributed by atoms with van der Waals surface area (Å²) in [6.07, 6.45) is 7.49. The minimum atomic E-state index is -1.46. The predicted octanol–water partition coefficient (Wildman–Crippen LogP) is 0.590. The van der Waals surface area contributed by atoms with Gasteiger partial charge in [0.15, 0.2) is 29.8 Å². The number of aliphatic carboxylic acids is 1. The number of allylic oxidation sites excluding steroid dienone is 1. The number of pyridine rings is 1. The molecular weight excluding hydrogens is 561 g/mol. The first kappa shape index (κ1) is 26.6. The molecule has 3 aromatic heterocycles. The number of thioether (sulfide) groups is 1. The Morgan fingerprint density at radius 1 is 1.31 bits per heavy atom. The van der Waals surface area contributed by atoms with Crippen molar-refractivity contribution < 1.29 is 28.9 Å². The van der Waals surface area contributed by atoms with E-state index >= 15 is 0 Å². The van der Waals surface area contributed by atoms with Gasteiger partial charge >= 0.3 is 0 Å². The fraction of sp³-hybridized carbons (Fsp3) is 0.200. The molecule has 0 spiro atoms. The van der Waals surface area contributed by atoms with Crippen LogP contribution in [0.15, 0.2) is 69.9 Å². The average molecular weight is 583 g/mol. The van der Waals surface area contributed by atoms with Gasteiger partial charge in [-0.05, 0) is 24.3 Å². The molecule has 2 aliphatic heterocycles. The van der Waals surface area contributed by atoms with Crippen molar-refractivity contribution in [2.24, 2.45) is 5.16 Å². The number of carbonyl (C=O) groups is 3. The molecule has 3 aromatic rings. The van der Waals surface area contributed by atoms with Crippen LogP contribution in [-0.2, 0) is 25.8 Å². The van der Waals surface area contributed by atoms with Crippen LogP contribution in [0.3, 0.4) is 0 Å². The molecule has 0 saturated carbocycles. The number of carboxylic acids is 1. The number of β-lactam (4-membered cyclic amide) rings is 1. The zero-order valence-electron chi connectivity index (χ0n) is 20.5. The minimum Gasteiger partial charge on any atom is -0.543 e. The number of anilines is 1. The fourth-order valence-corrected chi connectivity index (χ4v) is 6.83. The fourth-order valence-electron chi connectivity index (χ4n) is 4.19. The van der Waals surface area contributed by atoms with Crippen LogP contribution in [0, 0.1) is 0 Å². The quantitative estimate of drug-likeness (QED) is 0.161. The minimum absolute atomic E-state index is 0.138. The van der Waals surface area contributed by atoms with Crippen molar-refractivity contribution in [3.8, 4) is 0 Å². The standard InChI is InChI=1S/C25H22N6O5S3/c1-36-29-19(16-12-38-25(26)27-16)22(32)28-20-17-13-37-18(21(24(34)35)31(17)23(20)33)8-7-14-5-6-15(39-14)11-30-9-3-2-4-10-30/h2-10,12,17,20H,11,13H2,1H3,(H3-,26,27,28,32,34,35)/b8-7+,29-19+/t17-,20+/m1/s1. The Labute approximate surface area is 235 Å². The van der Waals surface area contributed by atoms with Crippen LogP contribution in [0.5, 0.6) is 0 Å². The molecule has 200 valence electrons. The second kappa shape index (κ2) is 11.4. The summed E-state index contributed by atoms with van der Waals surface area (Å²) in [5.74, 6) is -2.31. The molecule has 0 unspecified atom stereocenters. The van der Waals surface area contributed by atoms with Gasteiger partial charge in [0.25, 0.3) is 11.8 Å². The van der Waals surface area contributed by atoms with Crippen LogP contribution in [-0.4, -0.2) is 58.3 Å². The Morgan fingerprint density at radius 2 is 2.10 bits per heavy atom. The third-order valence-corrected chi connectivity index (χ3v) is 8.80. The highest BCUT2D eigenvalue weighted by Gasteiger charge is 2.52. The molecule has 3 N–H and O–H groups in total. The average Bonchev–Trinajstić information content (AvgIpc) is 3.57. The normalized spacial score (nSPS) is 19.2. The number of nitrogens with two attached hydrogens (primary N) is 1. The number of nitrogens with zero attached hydrogens (tertiary/aromatic N) is 4. The number of thiophene rings is 1. The lowest BCUT2D eigenvalue weighted by atomic mass is 9.94. The monoisotopic (exact) mass is 582 g/mol. The number of oxime groups is 1. The summed E-state index contributed by atoms with van der Waals surface area (Å²) in [7, 11) is 1.28. The highest BCUT2D eigenvalue weighted by Crippen LogP contribution is 2.39. The zero-order valence-corrected chi connectivity index (χ0v) is 22.9. The van der Waals surface area contributed by atoms with Crippen molar-refractivity contribution in [3.63, 3.8) is 0 Å². The number of fused-ring (bicyclic) bond motifs is 1. The van der Waals surface area contributed by atoms with Gasteiger partial charge in [-0.2, -0.15) is 4.57 Å². The van der Waals surface area contributed by atoms with E-state index in [0.717, 1.165) is 27.6 Å². The van der Waals surface area contributed by atoms with Gasteiger partial charge in [-0.25, -0.2) is 4.98 Å². The third-order valence-electron chi connectivity index (χ3n) is 5.94. The Balaban J connectivity index is 1.30. The van der Waals surface area contributed by atoms with Gasteiger partial charge in [0, 0.05) is 33.0 Å². The summed E-state index contributed by atoms with van der Waals surface area (Å²) < 4.78 is 2.06. The van der Waals surface area contributed by atoms with Gasteiger partial charge in [-0.15, -0.1) is 34.4 Å². The molecule has 0 aliphatic carbocycles. The Bertz CT molecular complexity index is 1510. The number of thiazole rings is 1. The zero-order chi connectivity index (χ0) is 27.5. The maximum Gasteiger partial charge on any atom is 0.276 e. The highest BCUT2D eigenvalue weighted by molar-refractivity contribution is 8.03. The first-order valence-corrected chi connectivity index (χ1v) is 14.3. The van der Waals surface area contributed by atoms with Crippen molar-refractivity contribution >= 4 is 69.1 Å². The van der Waals surface area contributed by atoms with Crippen LogP contribution in [0.4, 0.5) is 5.13 Å². The molecule has 5 rings (SSSR count). The van der Waals surface area contributed by atoms with Gasteiger partial charge in [-0.3, -0.25) is 9.59 Å². The summed E-state index contributed by atoms with van der Waals surface area (Å²) in [5, 5.41) is 20.2. The topological polar surface area (TPSA) is 154 Å². The second-order valence-corrected chi connectivity index (χ2v) is 11.6. The first-order chi connectivity index (χ1) is 18.9. The molecule has 2 atom stereocenters. The largest absolute Gasteiger partial charge is 0.543 e. The van der Waals surface area contributed by atoms with Gasteiger partial charge in [-0.1, -0.05) is 11.2 Å². The van der Waals surface area contributed by atoms with E-state index in [2.05, 4.69) is 20.0 Å². The number of nitrogens with one attached hydrogen (secondary N) is 1. The van der Waals surface area contributed by atoms with Gasteiger partial charge in [0.1, 0.15) is 18.8 Å². The summed E-state index contributed by atoms with van der Waals surface area (Å²) in [6.45, 7) is 0.727. The number of aromatic nitrogens is 2. The molecule has 39 heavy (non-hydrogen) atoms. The molecule has 0 radical (unpaired) electrons. The van der Waals surface area contributed by atoms with Gasteiger partial charge in [0.05, 0.1) is 22.6 Å². The molecule has 14 heteroatoms. The highest BCUT2D eigenvalue weighted by atomic mass is 32.2. The summed E-state index contributed by atoms with van der Waals surface area (Å²) >= 11 is 4.01. The van der Waals surface area contributed by atoms with E-state index in [4.69, 9.17) is 10.6 Å². The molecule has 0 bridgehead atoms. The molecule has 2 amide bonds. The van der Waals surface area contributed by atoms with Gasteiger partial charge < -0.3 is 30.7 Å². The van der Waals surface area contributed by atoms with E-state index in [0.29, 0.717) is 10.7 Å². The van der Waals surface area contributed by atoms with E-state index in [1.807, 2.05) is 48.8 Å². The molecule has 1 fully saturated rings. The SMILES string of the molecule is CO/N=C(/C(=O)N[C@@H]1C(=O)N2C(C(=O)[O-])=C(/C=C/c3ccc(C[n+]4ccccc4)s3)SC[C@H]12)c1csc(N)n1. The lowest BCUT2D eigenvalue weighted by Gasteiger charge is -2.50. The molecule has 2 aliphatic rings. The van der Waals surface area contributed by atoms with Crippen molar-refractivity contribution in [2.45, 2.75) is 18.6 Å². The smallest absolute Gasteiger partial charge is 0.276 e. The predicted molar refractivity (Wildman–Crippen MR) is 146 cm³/mol. The summed E-state index contributed by atoms with van der Waals surface area (Å²) in [5.41, 5.74) is 5.52. The van der Waals surface area contributed by atoms with Gasteiger partial charge in [0.2, 0.25) is 0 Å². The van der Waals surface area contributed by atoms with Crippen LogP contribution in [0.1, 0.15) is 15.4 Å². The molecular formula is C25H22N6O5S3. The van der Waals surface area contributed by atoms with Crippen LogP contribution in [0.2, 0.25) is 0 Å². The van der Waals surface area contributed by atoms with Crippen molar-refractivity contribution in [3.05, 3.63) is 80.2 Å². The number of hydrogen-bond acceptors (Lipinski definition) is 11. The molecule has 1 saturated heterocycles. The van der Waals surface area contributed by atoms with E-state index in [1.54, 1.807) is 22.8 Å². The third kappa shape index (κ3) is 5.57. The number of amides is 2. The molecule has 11 nitrogen and oxygen atoms in total. The Hall–Kier alpha value is -4.01. The first-order valence-electron chi connectivity index (χ1n) is 11.6. The Morgan fingerprint density at radius 3 is 2.79 bits per heavy atom. The lowest BCUT2D eigenvalue weighted by molar-refractivity contribution is -0.687. The summed E-state index contributed by atoms with van der Waals surface area (Å²) in [4.78, 5) is 50.5. The van der Waals surface area contributed by atoms with E-state index in [1.165, 1.54) is 23.8 Å². The van der Waals surface area contributed by atoms with Crippen molar-refractivity contribution in [1.82, 2.24) is 15.2 Å². The maximum absolute atomic E-state index is 13.0. The number of rotatable bonds is 9. The molecule has 0 aromatic carbocycles. The Kier molecular flexibility index (Phi) is 7.77. The van der Waals surface area contributed by atoms with Crippen LogP contribution >= 0.6 is 34.4 Å². The molecule has 5 heterocycles. The van der Waals surface area contributed by atoms with E-state index in [-0.39, 0.29) is 22.2 Å². The maximum atomic E-state index is 13.0. The number of carboxylic acid groups (broad SMARTS) is 1. The van der Waals surface area contributed by atoms with Crippen molar-refractivity contribution in [1.29, 1.82) is 0 Å². The van der Waals surface area contributed by atoms with E-state index in [9.17, 15) is 19.5 Å². The number of carbonyl (C=O) groups excluding carboxylic acids is 3. The van der Waals surface area contributed by atoms with Crippen LogP contribution < -0.4 is 20.7 Å². The second-order valence-electron chi connectivity index (χ2n) is 8.42. The van der Waals surface area contributed by atoms with Crippen molar-refractivity contribution in [2.75, 3.05) is 18.6 Å². The number of hydrogen-bond donors (Lipinski definition) is 2. The van der Waals surface area contributed by atoms with E-state index < -0.39 is 29.9 Å². The van der Waals surface area contributed by atoms with Crippen LogP contribution in [0.25, 0.3) is 6.08 Å². The number of nitrogen functional groups attached to an aromatic ring is 1. The summed E-state index contributed by atoms with van der Waals surface area (Å²) in [6, 6.07) is 8.38.